The predicted molar refractivity (Wildman–Crippen MR) is 104 cm³/mol. The van der Waals surface area contributed by atoms with Crippen LogP contribution in [0.2, 0.25) is 0 Å². The van der Waals surface area contributed by atoms with Gasteiger partial charge in [0.25, 0.3) is 0 Å². The zero-order valence-electron chi connectivity index (χ0n) is 15.2. The lowest BCUT2D eigenvalue weighted by atomic mass is 10.1. The highest BCUT2D eigenvalue weighted by molar-refractivity contribution is 5.57. The van der Waals surface area contributed by atoms with E-state index in [0.29, 0.717) is 23.3 Å². The molecule has 0 fully saturated rings. The number of benzene rings is 3. The van der Waals surface area contributed by atoms with Gasteiger partial charge in [-0.25, -0.2) is 4.39 Å². The van der Waals surface area contributed by atoms with Crippen LogP contribution in [0.15, 0.2) is 77.2 Å². The molecular weight excluding hydrogens is 373 g/mol. The van der Waals surface area contributed by atoms with Crippen molar-refractivity contribution in [2.75, 3.05) is 12.1 Å². The summed E-state index contributed by atoms with van der Waals surface area (Å²) in [4.78, 5) is 0. The van der Waals surface area contributed by atoms with Crippen LogP contribution >= 0.6 is 0 Å². The summed E-state index contributed by atoms with van der Waals surface area (Å²) in [6.07, 6.45) is 0. The first-order valence-electron chi connectivity index (χ1n) is 9.07. The normalized spacial score (nSPS) is 13.3. The minimum atomic E-state index is -0.471. The molecule has 1 atom stereocenters. The highest BCUT2D eigenvalue weighted by Gasteiger charge is 2.23. The number of hydrogen-bond acceptors (Lipinski definition) is 6. The van der Waals surface area contributed by atoms with Crippen LogP contribution in [0.4, 0.5) is 10.1 Å². The molecule has 0 bridgehead atoms. The van der Waals surface area contributed by atoms with Crippen molar-refractivity contribution in [2.24, 2.45) is 0 Å². The third kappa shape index (κ3) is 3.50. The molecule has 1 aliphatic heterocycles. The van der Waals surface area contributed by atoms with Gasteiger partial charge in [0.1, 0.15) is 11.9 Å². The van der Waals surface area contributed by atoms with Crippen molar-refractivity contribution in [1.82, 2.24) is 10.2 Å². The molecule has 4 aromatic rings. The van der Waals surface area contributed by atoms with Gasteiger partial charge in [-0.15, -0.1) is 10.2 Å². The molecule has 0 saturated carbocycles. The van der Waals surface area contributed by atoms with Crippen LogP contribution in [0.1, 0.15) is 17.5 Å². The Morgan fingerprint density at radius 2 is 1.66 bits per heavy atom. The Kier molecular flexibility index (Phi) is 4.32. The predicted octanol–water partition coefficient (Wildman–Crippen LogP) is 4.81. The summed E-state index contributed by atoms with van der Waals surface area (Å²) in [6.45, 7) is 0.199. The van der Waals surface area contributed by atoms with Crippen molar-refractivity contribution in [1.29, 1.82) is 0 Å². The third-order valence-electron chi connectivity index (χ3n) is 4.60. The second-order valence-corrected chi connectivity index (χ2v) is 6.51. The van der Waals surface area contributed by atoms with Crippen molar-refractivity contribution >= 4 is 5.69 Å². The molecule has 1 aliphatic rings. The smallest absolute Gasteiger partial charge is 0.247 e. The number of nitrogens with zero attached hydrogens (tertiary/aromatic N) is 2. The molecule has 2 heterocycles. The second-order valence-electron chi connectivity index (χ2n) is 6.51. The highest BCUT2D eigenvalue weighted by Crippen LogP contribution is 2.36. The van der Waals surface area contributed by atoms with Gasteiger partial charge in [0, 0.05) is 17.3 Å². The van der Waals surface area contributed by atoms with Gasteiger partial charge < -0.3 is 19.2 Å². The molecule has 7 heteroatoms. The van der Waals surface area contributed by atoms with E-state index in [2.05, 4.69) is 15.5 Å². The molecule has 1 N–H and O–H groups in total. The number of ether oxygens (including phenoxy) is 2. The molecule has 0 amide bonds. The van der Waals surface area contributed by atoms with E-state index >= 15 is 0 Å². The second kappa shape index (κ2) is 7.27. The average molecular weight is 389 g/mol. The van der Waals surface area contributed by atoms with E-state index in [4.69, 9.17) is 13.9 Å². The van der Waals surface area contributed by atoms with Crippen LogP contribution in [0.5, 0.6) is 11.5 Å². The lowest BCUT2D eigenvalue weighted by Crippen LogP contribution is -2.13. The SMILES string of the molecule is Fc1ccc([C@H](Nc2ccc3c(c2)OCO3)c2nnc(-c3ccccc3)o2)cc1. The Balaban J connectivity index is 1.51. The molecule has 144 valence electrons. The van der Waals surface area contributed by atoms with E-state index < -0.39 is 6.04 Å². The van der Waals surface area contributed by atoms with Crippen molar-refractivity contribution in [3.63, 3.8) is 0 Å². The van der Waals surface area contributed by atoms with Crippen molar-refractivity contribution in [3.8, 4) is 23.0 Å². The van der Waals surface area contributed by atoms with E-state index in [1.54, 1.807) is 12.1 Å². The first-order valence-corrected chi connectivity index (χ1v) is 9.07. The van der Waals surface area contributed by atoms with E-state index in [-0.39, 0.29) is 12.6 Å². The minimum absolute atomic E-state index is 0.199. The Labute approximate surface area is 165 Å². The third-order valence-corrected chi connectivity index (χ3v) is 4.60. The summed E-state index contributed by atoms with van der Waals surface area (Å²) < 4.78 is 30.2. The number of fused-ring (bicyclic) bond motifs is 1. The Morgan fingerprint density at radius 3 is 2.48 bits per heavy atom. The maximum Gasteiger partial charge on any atom is 0.247 e. The van der Waals surface area contributed by atoms with Gasteiger partial charge in [0.15, 0.2) is 11.5 Å². The topological polar surface area (TPSA) is 69.4 Å². The molecule has 3 aromatic carbocycles. The number of hydrogen-bond donors (Lipinski definition) is 1. The standard InChI is InChI=1S/C22H16FN3O3/c23-16-8-6-14(7-9-16)20(24-17-10-11-18-19(12-17)28-13-27-18)22-26-25-21(29-22)15-4-2-1-3-5-15/h1-12,20,24H,13H2/t20-/m0/s1. The Morgan fingerprint density at radius 1 is 0.862 bits per heavy atom. The van der Waals surface area contributed by atoms with Crippen LogP contribution in [-0.4, -0.2) is 17.0 Å². The van der Waals surface area contributed by atoms with Gasteiger partial charge in [-0.3, -0.25) is 0 Å². The summed E-state index contributed by atoms with van der Waals surface area (Å²) in [5, 5.41) is 11.8. The summed E-state index contributed by atoms with van der Waals surface area (Å²) in [5.41, 5.74) is 2.39. The number of nitrogens with one attached hydrogen (secondary N) is 1. The van der Waals surface area contributed by atoms with Gasteiger partial charge in [-0.1, -0.05) is 30.3 Å². The molecule has 0 spiro atoms. The number of rotatable bonds is 5. The lowest BCUT2D eigenvalue weighted by molar-refractivity contribution is 0.174. The fourth-order valence-electron chi connectivity index (χ4n) is 3.14. The van der Waals surface area contributed by atoms with E-state index in [0.717, 1.165) is 16.8 Å². The summed E-state index contributed by atoms with van der Waals surface area (Å²) in [6, 6.07) is 20.8. The first kappa shape index (κ1) is 17.2. The highest BCUT2D eigenvalue weighted by atomic mass is 19.1. The van der Waals surface area contributed by atoms with Gasteiger partial charge in [-0.2, -0.15) is 0 Å². The van der Waals surface area contributed by atoms with Gasteiger partial charge >= 0.3 is 0 Å². The summed E-state index contributed by atoms with van der Waals surface area (Å²) in [7, 11) is 0. The fourth-order valence-corrected chi connectivity index (χ4v) is 3.14. The molecule has 29 heavy (non-hydrogen) atoms. The van der Waals surface area contributed by atoms with E-state index in [9.17, 15) is 4.39 Å². The van der Waals surface area contributed by atoms with Gasteiger partial charge in [0.2, 0.25) is 18.6 Å². The number of anilines is 1. The zero-order valence-corrected chi connectivity index (χ0v) is 15.2. The number of halogens is 1. The van der Waals surface area contributed by atoms with Crippen LogP contribution in [0.25, 0.3) is 11.5 Å². The molecule has 5 rings (SSSR count). The van der Waals surface area contributed by atoms with E-state index in [1.807, 2.05) is 48.5 Å². The zero-order chi connectivity index (χ0) is 19.6. The summed E-state index contributed by atoms with van der Waals surface area (Å²) in [5.74, 6) is 1.82. The average Bonchev–Trinajstić information content (AvgIpc) is 3.43. The van der Waals surface area contributed by atoms with Gasteiger partial charge in [0.05, 0.1) is 0 Å². The van der Waals surface area contributed by atoms with Crippen LogP contribution in [0, 0.1) is 5.82 Å². The molecule has 1 aromatic heterocycles. The largest absolute Gasteiger partial charge is 0.454 e. The quantitative estimate of drug-likeness (QED) is 0.528. The summed E-state index contributed by atoms with van der Waals surface area (Å²) >= 11 is 0. The van der Waals surface area contributed by atoms with Crippen LogP contribution in [-0.2, 0) is 0 Å². The fraction of sp³-hybridized carbons (Fsp3) is 0.0909. The van der Waals surface area contributed by atoms with Crippen molar-refractivity contribution in [3.05, 3.63) is 90.1 Å². The molecule has 0 radical (unpaired) electrons. The molecule has 6 nitrogen and oxygen atoms in total. The van der Waals surface area contributed by atoms with Crippen LogP contribution in [0.3, 0.4) is 0 Å². The molecule has 0 saturated heterocycles. The first-order chi connectivity index (χ1) is 14.3. The lowest BCUT2D eigenvalue weighted by Gasteiger charge is -2.17. The van der Waals surface area contributed by atoms with Gasteiger partial charge in [-0.05, 0) is 42.0 Å². The van der Waals surface area contributed by atoms with Crippen molar-refractivity contribution < 1.29 is 18.3 Å². The van der Waals surface area contributed by atoms with Crippen molar-refractivity contribution in [2.45, 2.75) is 6.04 Å². The molecular formula is C22H16FN3O3. The monoisotopic (exact) mass is 389 g/mol. The molecule has 0 unspecified atom stereocenters. The maximum atomic E-state index is 13.5. The van der Waals surface area contributed by atoms with Crippen LogP contribution < -0.4 is 14.8 Å². The van der Waals surface area contributed by atoms with E-state index in [1.165, 1.54) is 12.1 Å². The Bertz CT molecular complexity index is 1130. The molecule has 0 aliphatic carbocycles. The minimum Gasteiger partial charge on any atom is -0.454 e. The Hall–Kier alpha value is -3.87. The number of aromatic nitrogens is 2. The maximum absolute atomic E-state index is 13.5.